The van der Waals surface area contributed by atoms with Gasteiger partial charge >= 0.3 is 0 Å². The molecule has 0 N–H and O–H groups in total. The Labute approximate surface area is 108 Å². The molecule has 0 aliphatic rings. The van der Waals surface area contributed by atoms with Crippen molar-refractivity contribution < 1.29 is 9.53 Å². The van der Waals surface area contributed by atoms with Crippen LogP contribution in [0.5, 0.6) is 0 Å². The zero-order valence-corrected chi connectivity index (χ0v) is 12.4. The van der Waals surface area contributed by atoms with Gasteiger partial charge < -0.3 is 9.64 Å². The maximum atomic E-state index is 12.2. The van der Waals surface area contributed by atoms with Gasteiger partial charge in [0.05, 0.1) is 11.4 Å². The zero-order valence-electron chi connectivity index (χ0n) is 10.8. The number of alkyl halides is 1. The lowest BCUT2D eigenvalue weighted by molar-refractivity contribution is -0.133. The predicted molar refractivity (Wildman–Crippen MR) is 71.0 cm³/mol. The summed E-state index contributed by atoms with van der Waals surface area (Å²) in [4.78, 5) is 14.0. The van der Waals surface area contributed by atoms with Crippen molar-refractivity contribution in [1.82, 2.24) is 4.90 Å². The number of amides is 1. The van der Waals surface area contributed by atoms with Crippen molar-refractivity contribution in [3.05, 3.63) is 0 Å². The monoisotopic (exact) mass is 293 g/mol. The summed E-state index contributed by atoms with van der Waals surface area (Å²) in [5.74, 6) is 0.188. The van der Waals surface area contributed by atoms with E-state index in [1.807, 2.05) is 11.8 Å². The van der Waals surface area contributed by atoms with Crippen LogP contribution in [0.15, 0.2) is 0 Å². The highest BCUT2D eigenvalue weighted by molar-refractivity contribution is 9.10. The van der Waals surface area contributed by atoms with Gasteiger partial charge in [-0.2, -0.15) is 0 Å². The molecule has 0 saturated carbocycles. The molecule has 0 aliphatic heterocycles. The van der Waals surface area contributed by atoms with Gasteiger partial charge in [0.2, 0.25) is 5.91 Å². The van der Waals surface area contributed by atoms with Crippen molar-refractivity contribution in [2.75, 3.05) is 20.3 Å². The molecule has 0 heterocycles. The number of methoxy groups -OCH3 is 1. The Kier molecular flexibility index (Phi) is 8.94. The summed E-state index contributed by atoms with van der Waals surface area (Å²) in [5, 5.41) is 0. The average Bonchev–Trinajstić information content (AvgIpc) is 2.32. The van der Waals surface area contributed by atoms with Gasteiger partial charge in [-0.1, -0.05) is 36.7 Å². The van der Waals surface area contributed by atoms with Gasteiger partial charge in [0.1, 0.15) is 0 Å². The maximum Gasteiger partial charge on any atom is 0.236 e. The number of halogens is 1. The van der Waals surface area contributed by atoms with Crippen molar-refractivity contribution in [3.8, 4) is 0 Å². The van der Waals surface area contributed by atoms with E-state index in [-0.39, 0.29) is 10.7 Å². The largest absolute Gasteiger partial charge is 0.383 e. The number of carbonyl (C=O) groups is 1. The van der Waals surface area contributed by atoms with Gasteiger partial charge in [0, 0.05) is 19.7 Å². The van der Waals surface area contributed by atoms with Crippen LogP contribution in [0.2, 0.25) is 0 Å². The third kappa shape index (κ3) is 4.83. The van der Waals surface area contributed by atoms with Crippen LogP contribution in [0.3, 0.4) is 0 Å². The van der Waals surface area contributed by atoms with E-state index in [1.54, 1.807) is 7.11 Å². The van der Waals surface area contributed by atoms with Gasteiger partial charge in [-0.05, 0) is 19.3 Å². The van der Waals surface area contributed by atoms with Gasteiger partial charge in [-0.25, -0.2) is 0 Å². The highest BCUT2D eigenvalue weighted by atomic mass is 79.9. The number of ether oxygens (including phenoxy) is 1. The van der Waals surface area contributed by atoms with E-state index in [0.717, 1.165) is 19.3 Å². The first kappa shape index (κ1) is 15.9. The smallest absolute Gasteiger partial charge is 0.236 e. The van der Waals surface area contributed by atoms with Crippen molar-refractivity contribution in [2.45, 2.75) is 50.9 Å². The molecular formula is C12H24BrNO2. The lowest BCUT2D eigenvalue weighted by atomic mass is 10.1. The van der Waals surface area contributed by atoms with E-state index in [2.05, 4.69) is 29.8 Å². The molecule has 0 rings (SSSR count). The Morgan fingerprint density at radius 1 is 1.25 bits per heavy atom. The molecule has 0 aromatic carbocycles. The molecule has 0 aromatic rings. The SMILES string of the molecule is CCC(Br)C(=O)N(CCOC)C(CC)CC. The Balaban J connectivity index is 4.56. The lowest BCUT2D eigenvalue weighted by Crippen LogP contribution is -2.45. The van der Waals surface area contributed by atoms with Crippen molar-refractivity contribution in [3.63, 3.8) is 0 Å². The lowest BCUT2D eigenvalue weighted by Gasteiger charge is -2.32. The maximum absolute atomic E-state index is 12.2. The van der Waals surface area contributed by atoms with Crippen molar-refractivity contribution in [1.29, 1.82) is 0 Å². The van der Waals surface area contributed by atoms with E-state index in [0.29, 0.717) is 19.2 Å². The van der Waals surface area contributed by atoms with E-state index >= 15 is 0 Å². The number of carbonyl (C=O) groups excluding carboxylic acids is 1. The molecule has 0 aromatic heterocycles. The van der Waals surface area contributed by atoms with E-state index in [4.69, 9.17) is 4.74 Å². The van der Waals surface area contributed by atoms with Crippen LogP contribution in [0, 0.1) is 0 Å². The first-order valence-electron chi connectivity index (χ1n) is 6.05. The molecule has 1 unspecified atom stereocenters. The topological polar surface area (TPSA) is 29.5 Å². The zero-order chi connectivity index (χ0) is 12.6. The molecule has 4 heteroatoms. The first-order chi connectivity index (χ1) is 7.62. The summed E-state index contributed by atoms with van der Waals surface area (Å²) in [6.07, 6.45) is 2.81. The van der Waals surface area contributed by atoms with Gasteiger partial charge in [-0.15, -0.1) is 0 Å². The summed E-state index contributed by atoms with van der Waals surface area (Å²) < 4.78 is 5.07. The van der Waals surface area contributed by atoms with Crippen LogP contribution < -0.4 is 0 Å². The molecule has 16 heavy (non-hydrogen) atoms. The first-order valence-corrected chi connectivity index (χ1v) is 6.97. The molecule has 0 fully saturated rings. The van der Waals surface area contributed by atoms with Crippen molar-refractivity contribution in [2.24, 2.45) is 0 Å². The van der Waals surface area contributed by atoms with Crippen LogP contribution in [0.4, 0.5) is 0 Å². The molecule has 0 bridgehead atoms. The molecule has 0 radical (unpaired) electrons. The molecule has 0 aliphatic carbocycles. The van der Waals surface area contributed by atoms with E-state index < -0.39 is 0 Å². The second-order valence-corrected chi connectivity index (χ2v) is 4.98. The Morgan fingerprint density at radius 3 is 2.19 bits per heavy atom. The fourth-order valence-electron chi connectivity index (χ4n) is 1.75. The Morgan fingerprint density at radius 2 is 1.81 bits per heavy atom. The fourth-order valence-corrected chi connectivity index (χ4v) is 2.01. The molecule has 1 atom stereocenters. The van der Waals surface area contributed by atoms with Gasteiger partial charge in [0.15, 0.2) is 0 Å². The predicted octanol–water partition coefficient (Wildman–Crippen LogP) is 2.82. The summed E-state index contributed by atoms with van der Waals surface area (Å²) in [6, 6.07) is 0.328. The van der Waals surface area contributed by atoms with Crippen LogP contribution >= 0.6 is 15.9 Å². The second kappa shape index (κ2) is 8.99. The molecule has 96 valence electrons. The summed E-state index contributed by atoms with van der Waals surface area (Å²) in [5.41, 5.74) is 0. The molecule has 0 spiro atoms. The standard InChI is InChI=1S/C12H24BrNO2/c1-5-10(6-2)14(8-9-16-4)12(15)11(13)7-3/h10-11H,5-9H2,1-4H3. The van der Waals surface area contributed by atoms with Gasteiger partial charge in [-0.3, -0.25) is 4.79 Å². The Hall–Kier alpha value is -0.0900. The van der Waals surface area contributed by atoms with Gasteiger partial charge in [0.25, 0.3) is 0 Å². The number of rotatable bonds is 8. The summed E-state index contributed by atoms with van der Waals surface area (Å²) >= 11 is 3.43. The molecule has 0 saturated heterocycles. The molecule has 1 amide bonds. The normalized spacial score (nSPS) is 12.9. The third-order valence-corrected chi connectivity index (χ3v) is 3.87. The quantitative estimate of drug-likeness (QED) is 0.644. The summed E-state index contributed by atoms with van der Waals surface area (Å²) in [7, 11) is 1.67. The minimum Gasteiger partial charge on any atom is -0.383 e. The van der Waals surface area contributed by atoms with Crippen LogP contribution in [0.25, 0.3) is 0 Å². The average molecular weight is 294 g/mol. The summed E-state index contributed by atoms with van der Waals surface area (Å²) in [6.45, 7) is 7.54. The van der Waals surface area contributed by atoms with Crippen molar-refractivity contribution >= 4 is 21.8 Å². The highest BCUT2D eigenvalue weighted by Gasteiger charge is 2.25. The number of hydrogen-bond acceptors (Lipinski definition) is 2. The second-order valence-electron chi connectivity index (χ2n) is 3.87. The third-order valence-electron chi connectivity index (χ3n) is 2.83. The number of hydrogen-bond donors (Lipinski definition) is 0. The Bertz CT molecular complexity index is 195. The van der Waals surface area contributed by atoms with E-state index in [1.165, 1.54) is 0 Å². The van der Waals surface area contributed by atoms with Crippen LogP contribution in [-0.4, -0.2) is 41.9 Å². The fraction of sp³-hybridized carbons (Fsp3) is 0.917. The molecular weight excluding hydrogens is 270 g/mol. The minimum atomic E-state index is -0.0649. The molecule has 3 nitrogen and oxygen atoms in total. The number of nitrogens with zero attached hydrogens (tertiary/aromatic N) is 1. The minimum absolute atomic E-state index is 0.0649. The highest BCUT2D eigenvalue weighted by Crippen LogP contribution is 2.15. The van der Waals surface area contributed by atoms with E-state index in [9.17, 15) is 4.79 Å². The van der Waals surface area contributed by atoms with Crippen LogP contribution in [0.1, 0.15) is 40.0 Å². The van der Waals surface area contributed by atoms with Crippen LogP contribution in [-0.2, 0) is 9.53 Å².